The van der Waals surface area contributed by atoms with Gasteiger partial charge in [-0.15, -0.1) is 23.1 Å². The van der Waals surface area contributed by atoms with E-state index in [0.29, 0.717) is 35.8 Å². The molecule has 0 radical (unpaired) electrons. The first kappa shape index (κ1) is 18.9. The summed E-state index contributed by atoms with van der Waals surface area (Å²) >= 11 is 2.83. The first-order valence-corrected chi connectivity index (χ1v) is 10.4. The van der Waals surface area contributed by atoms with Gasteiger partial charge in [-0.25, -0.2) is 0 Å². The fraction of sp³-hybridized carbons (Fsp3) is 0.368. The molecule has 0 N–H and O–H groups in total. The van der Waals surface area contributed by atoms with Crippen molar-refractivity contribution < 1.29 is 18.7 Å². The molecular formula is C19H21NO4S2. The van der Waals surface area contributed by atoms with Crippen molar-refractivity contribution in [1.29, 1.82) is 0 Å². The highest BCUT2D eigenvalue weighted by Gasteiger charge is 2.39. The lowest BCUT2D eigenvalue weighted by Crippen LogP contribution is -2.33. The molecule has 3 heterocycles. The zero-order valence-electron chi connectivity index (χ0n) is 14.8. The predicted molar refractivity (Wildman–Crippen MR) is 104 cm³/mol. The monoisotopic (exact) mass is 391 g/mol. The topological polar surface area (TPSA) is 59.8 Å². The number of carbonyl (C=O) groups excluding carboxylic acids is 2. The molecule has 7 heteroatoms. The van der Waals surface area contributed by atoms with Crippen molar-refractivity contribution in [3.63, 3.8) is 0 Å². The molecule has 3 rings (SSSR count). The third-order valence-electron chi connectivity index (χ3n) is 3.81. The SMILES string of the molecule is CC(C)OCCCN1C(=O)C(SCc2ccco2)=C(c2cccs2)C1=O. The third-order valence-corrected chi connectivity index (χ3v) is 5.79. The molecular weight excluding hydrogens is 370 g/mol. The summed E-state index contributed by atoms with van der Waals surface area (Å²) in [6.45, 7) is 4.82. The normalized spacial score (nSPS) is 15.0. The van der Waals surface area contributed by atoms with E-state index in [1.807, 2.05) is 43.5 Å². The smallest absolute Gasteiger partial charge is 0.268 e. The van der Waals surface area contributed by atoms with E-state index in [1.54, 1.807) is 6.26 Å². The van der Waals surface area contributed by atoms with Crippen LogP contribution >= 0.6 is 23.1 Å². The van der Waals surface area contributed by atoms with E-state index in [-0.39, 0.29) is 17.9 Å². The van der Waals surface area contributed by atoms with E-state index in [9.17, 15) is 9.59 Å². The highest BCUT2D eigenvalue weighted by Crippen LogP contribution is 2.39. The Morgan fingerprint density at radius 3 is 2.73 bits per heavy atom. The van der Waals surface area contributed by atoms with Crippen LogP contribution < -0.4 is 0 Å². The molecule has 138 valence electrons. The highest BCUT2D eigenvalue weighted by molar-refractivity contribution is 8.03. The molecule has 2 aromatic rings. The Hall–Kier alpha value is -1.83. The lowest BCUT2D eigenvalue weighted by Gasteiger charge is -2.15. The molecule has 0 atom stereocenters. The van der Waals surface area contributed by atoms with Gasteiger partial charge in [-0.3, -0.25) is 14.5 Å². The van der Waals surface area contributed by atoms with Crippen LogP contribution in [0.4, 0.5) is 0 Å². The van der Waals surface area contributed by atoms with Gasteiger partial charge in [0.05, 0.1) is 28.6 Å². The number of nitrogens with zero attached hydrogens (tertiary/aromatic N) is 1. The Morgan fingerprint density at radius 1 is 1.23 bits per heavy atom. The molecule has 0 aromatic carbocycles. The van der Waals surface area contributed by atoms with Gasteiger partial charge in [0.15, 0.2) is 0 Å². The Morgan fingerprint density at radius 2 is 2.08 bits per heavy atom. The summed E-state index contributed by atoms with van der Waals surface area (Å²) in [7, 11) is 0. The zero-order valence-corrected chi connectivity index (χ0v) is 16.4. The lowest BCUT2D eigenvalue weighted by atomic mass is 10.2. The fourth-order valence-electron chi connectivity index (χ4n) is 2.61. The van der Waals surface area contributed by atoms with E-state index in [2.05, 4.69) is 0 Å². The van der Waals surface area contributed by atoms with E-state index in [1.165, 1.54) is 28.0 Å². The Balaban J connectivity index is 1.75. The first-order valence-electron chi connectivity index (χ1n) is 8.49. The summed E-state index contributed by atoms with van der Waals surface area (Å²) in [5.41, 5.74) is 0.506. The second kappa shape index (κ2) is 8.70. The number of amides is 2. The van der Waals surface area contributed by atoms with Crippen LogP contribution in [0.1, 0.15) is 30.9 Å². The average Bonchev–Trinajstić information content (AvgIpc) is 3.33. The van der Waals surface area contributed by atoms with Crippen LogP contribution in [0.2, 0.25) is 0 Å². The van der Waals surface area contributed by atoms with Crippen LogP contribution in [0.15, 0.2) is 45.2 Å². The summed E-state index contributed by atoms with van der Waals surface area (Å²) in [5.74, 6) is 0.848. The van der Waals surface area contributed by atoms with Crippen molar-refractivity contribution in [1.82, 2.24) is 4.90 Å². The molecule has 1 aliphatic heterocycles. The van der Waals surface area contributed by atoms with Crippen molar-refractivity contribution in [3.05, 3.63) is 51.5 Å². The molecule has 2 aromatic heterocycles. The maximum atomic E-state index is 12.9. The number of ether oxygens (including phenoxy) is 1. The first-order chi connectivity index (χ1) is 12.6. The number of carbonyl (C=O) groups is 2. The summed E-state index contributed by atoms with van der Waals surface area (Å²) in [5, 5.41) is 1.91. The maximum Gasteiger partial charge on any atom is 0.268 e. The number of furan rings is 1. The predicted octanol–water partition coefficient (Wildman–Crippen LogP) is 4.17. The molecule has 0 saturated heterocycles. The second-order valence-corrected chi connectivity index (χ2v) is 8.02. The summed E-state index contributed by atoms with van der Waals surface area (Å²) in [6, 6.07) is 7.44. The van der Waals surface area contributed by atoms with Gasteiger partial charge in [-0.05, 0) is 43.8 Å². The fourth-order valence-corrected chi connectivity index (χ4v) is 4.47. The largest absolute Gasteiger partial charge is 0.468 e. The molecule has 0 saturated carbocycles. The molecule has 1 aliphatic rings. The quantitative estimate of drug-likeness (QED) is 0.474. The van der Waals surface area contributed by atoms with Crippen LogP contribution in [0.5, 0.6) is 0 Å². The molecule has 0 bridgehead atoms. The minimum atomic E-state index is -0.223. The van der Waals surface area contributed by atoms with E-state index < -0.39 is 0 Å². The Bertz CT molecular complexity index is 779. The summed E-state index contributed by atoms with van der Waals surface area (Å²) < 4.78 is 10.9. The number of rotatable bonds is 9. The highest BCUT2D eigenvalue weighted by atomic mass is 32.2. The molecule has 0 fully saturated rings. The third kappa shape index (κ3) is 4.28. The Labute approximate surface area is 161 Å². The van der Waals surface area contributed by atoms with Crippen LogP contribution in [0.25, 0.3) is 5.57 Å². The number of thiophene rings is 1. The van der Waals surface area contributed by atoms with Crippen LogP contribution in [-0.4, -0.2) is 36.0 Å². The summed E-state index contributed by atoms with van der Waals surface area (Å²) in [6.07, 6.45) is 2.37. The number of thioether (sulfide) groups is 1. The van der Waals surface area contributed by atoms with Gasteiger partial charge in [0.2, 0.25) is 0 Å². The van der Waals surface area contributed by atoms with Gasteiger partial charge in [-0.1, -0.05) is 6.07 Å². The van der Waals surface area contributed by atoms with Crippen LogP contribution in [0.3, 0.4) is 0 Å². The van der Waals surface area contributed by atoms with Crippen LogP contribution in [-0.2, 0) is 20.1 Å². The molecule has 0 spiro atoms. The maximum absolute atomic E-state index is 12.9. The Kier molecular flexibility index (Phi) is 6.34. The van der Waals surface area contributed by atoms with Crippen molar-refractivity contribution in [3.8, 4) is 0 Å². The van der Waals surface area contributed by atoms with Crippen LogP contribution in [0, 0.1) is 0 Å². The van der Waals surface area contributed by atoms with Crippen molar-refractivity contribution in [2.75, 3.05) is 13.2 Å². The number of imide groups is 1. The van der Waals surface area contributed by atoms with Gasteiger partial charge < -0.3 is 9.15 Å². The van der Waals surface area contributed by atoms with E-state index >= 15 is 0 Å². The standard InChI is InChI=1S/C19H21NO4S2/c1-13(2)23-10-5-8-20-18(21)16(15-7-4-11-25-15)17(19(20)22)26-12-14-6-3-9-24-14/h3-4,6-7,9,11,13H,5,8,10,12H2,1-2H3. The minimum Gasteiger partial charge on any atom is -0.468 e. The molecule has 5 nitrogen and oxygen atoms in total. The number of hydrogen-bond acceptors (Lipinski definition) is 6. The van der Waals surface area contributed by atoms with Crippen molar-refractivity contribution in [2.24, 2.45) is 0 Å². The molecule has 2 amide bonds. The number of hydrogen-bond donors (Lipinski definition) is 0. The van der Waals surface area contributed by atoms with E-state index in [4.69, 9.17) is 9.15 Å². The van der Waals surface area contributed by atoms with Gasteiger partial charge in [0, 0.05) is 18.0 Å². The van der Waals surface area contributed by atoms with Gasteiger partial charge in [0.1, 0.15) is 5.76 Å². The second-order valence-electron chi connectivity index (χ2n) is 6.08. The van der Waals surface area contributed by atoms with Gasteiger partial charge in [0.25, 0.3) is 11.8 Å². The van der Waals surface area contributed by atoms with Crippen molar-refractivity contribution >= 4 is 40.5 Å². The zero-order chi connectivity index (χ0) is 18.5. The minimum absolute atomic E-state index is 0.138. The van der Waals surface area contributed by atoms with Gasteiger partial charge in [-0.2, -0.15) is 0 Å². The van der Waals surface area contributed by atoms with Crippen molar-refractivity contribution in [2.45, 2.75) is 32.1 Å². The molecule has 0 aliphatic carbocycles. The average molecular weight is 392 g/mol. The molecule has 0 unspecified atom stereocenters. The molecule has 26 heavy (non-hydrogen) atoms. The van der Waals surface area contributed by atoms with E-state index in [0.717, 1.165) is 10.6 Å². The van der Waals surface area contributed by atoms with Gasteiger partial charge >= 0.3 is 0 Å². The summed E-state index contributed by atoms with van der Waals surface area (Å²) in [4.78, 5) is 28.4. The lowest BCUT2D eigenvalue weighted by molar-refractivity contribution is -0.136.